The molecule has 0 aromatic heterocycles. The number of ether oxygens (including phenoxy) is 1. The maximum atomic E-state index is 13.4. The number of nitrogens with two attached hydrogens (primary N) is 1. The third kappa shape index (κ3) is 6.89. The lowest BCUT2D eigenvalue weighted by Crippen LogP contribution is -2.39. The van der Waals surface area contributed by atoms with Crippen LogP contribution in [-0.4, -0.2) is 50.3 Å². The van der Waals surface area contributed by atoms with Crippen LogP contribution in [0.2, 0.25) is 0 Å². The summed E-state index contributed by atoms with van der Waals surface area (Å²) < 4.78 is 18.7. The number of hydrogen-bond donors (Lipinski definition) is 2. The molecule has 1 saturated heterocycles. The highest BCUT2D eigenvalue weighted by Crippen LogP contribution is 2.07. The molecule has 22 heavy (non-hydrogen) atoms. The molecule has 1 aromatic rings. The van der Waals surface area contributed by atoms with Gasteiger partial charge in [-0.3, -0.25) is 4.90 Å². The van der Waals surface area contributed by atoms with Crippen molar-refractivity contribution in [1.29, 1.82) is 0 Å². The summed E-state index contributed by atoms with van der Waals surface area (Å²) in [4.78, 5) is 6.52. The third-order valence-electron chi connectivity index (χ3n) is 3.44. The molecular weight excluding hydrogens is 398 g/mol. The van der Waals surface area contributed by atoms with Crippen molar-refractivity contribution in [2.24, 2.45) is 10.7 Å². The zero-order valence-electron chi connectivity index (χ0n) is 12.6. The summed E-state index contributed by atoms with van der Waals surface area (Å²) >= 11 is 0. The second-order valence-electron chi connectivity index (χ2n) is 5.03. The van der Waals surface area contributed by atoms with Gasteiger partial charge in [-0.1, -0.05) is 18.2 Å². The Hall–Kier alpha value is -0.930. The van der Waals surface area contributed by atoms with Crippen LogP contribution in [0.25, 0.3) is 0 Å². The molecule has 1 aliphatic rings. The zero-order chi connectivity index (χ0) is 14.9. The number of aliphatic imine (C=N–C) groups is 1. The molecule has 7 heteroatoms. The lowest BCUT2D eigenvalue weighted by atomic mass is 10.2. The van der Waals surface area contributed by atoms with Gasteiger partial charge >= 0.3 is 0 Å². The number of nitrogens with zero attached hydrogens (tertiary/aromatic N) is 2. The zero-order valence-corrected chi connectivity index (χ0v) is 15.0. The highest BCUT2D eigenvalue weighted by atomic mass is 127. The van der Waals surface area contributed by atoms with Crippen molar-refractivity contribution in [2.75, 3.05) is 39.4 Å². The summed E-state index contributed by atoms with van der Waals surface area (Å²) in [6.07, 6.45) is 0.996. The van der Waals surface area contributed by atoms with E-state index in [0.717, 1.165) is 45.8 Å². The average molecular weight is 422 g/mol. The SMILES string of the molecule is I.NC(=NCc1ccccc1F)NCCCN1CCOCC1. The number of morpholine rings is 1. The minimum atomic E-state index is -0.249. The lowest BCUT2D eigenvalue weighted by molar-refractivity contribution is 0.0376. The molecule has 0 atom stereocenters. The fourth-order valence-corrected chi connectivity index (χ4v) is 2.20. The van der Waals surface area contributed by atoms with Crippen LogP contribution in [0.5, 0.6) is 0 Å². The topological polar surface area (TPSA) is 62.9 Å². The molecular formula is C15H24FIN4O. The standard InChI is InChI=1S/C15H23FN4O.HI/c16-14-5-2-1-4-13(14)12-19-15(17)18-6-3-7-20-8-10-21-11-9-20;/h1-2,4-5H,3,6-12H2,(H3,17,18,19);1H. The first-order valence-corrected chi connectivity index (χ1v) is 7.33. The largest absolute Gasteiger partial charge is 0.379 e. The van der Waals surface area contributed by atoms with E-state index < -0.39 is 0 Å². The van der Waals surface area contributed by atoms with E-state index in [1.54, 1.807) is 18.2 Å². The number of guanidine groups is 1. The molecule has 0 radical (unpaired) electrons. The van der Waals surface area contributed by atoms with E-state index in [1.165, 1.54) is 6.07 Å². The first-order valence-electron chi connectivity index (χ1n) is 7.33. The van der Waals surface area contributed by atoms with E-state index in [-0.39, 0.29) is 36.3 Å². The minimum absolute atomic E-state index is 0. The van der Waals surface area contributed by atoms with E-state index in [4.69, 9.17) is 10.5 Å². The van der Waals surface area contributed by atoms with Gasteiger partial charge in [0.2, 0.25) is 0 Å². The average Bonchev–Trinajstić information content (AvgIpc) is 2.52. The van der Waals surface area contributed by atoms with Crippen molar-refractivity contribution in [1.82, 2.24) is 10.2 Å². The summed E-state index contributed by atoms with van der Waals surface area (Å²) in [5.74, 6) is 0.113. The normalized spacial score (nSPS) is 16.1. The van der Waals surface area contributed by atoms with Crippen molar-refractivity contribution in [2.45, 2.75) is 13.0 Å². The smallest absolute Gasteiger partial charge is 0.188 e. The van der Waals surface area contributed by atoms with E-state index in [1.807, 2.05) is 0 Å². The van der Waals surface area contributed by atoms with E-state index in [2.05, 4.69) is 15.2 Å². The van der Waals surface area contributed by atoms with Gasteiger partial charge in [0.25, 0.3) is 0 Å². The van der Waals surface area contributed by atoms with Crippen molar-refractivity contribution >= 4 is 29.9 Å². The van der Waals surface area contributed by atoms with Gasteiger partial charge in [0.15, 0.2) is 5.96 Å². The molecule has 0 unspecified atom stereocenters. The van der Waals surface area contributed by atoms with Gasteiger partial charge in [-0.25, -0.2) is 9.38 Å². The van der Waals surface area contributed by atoms with Crippen molar-refractivity contribution < 1.29 is 9.13 Å². The third-order valence-corrected chi connectivity index (χ3v) is 3.44. The van der Waals surface area contributed by atoms with Gasteiger partial charge in [0.05, 0.1) is 19.8 Å². The van der Waals surface area contributed by atoms with E-state index in [0.29, 0.717) is 11.5 Å². The first-order chi connectivity index (χ1) is 10.3. The number of halogens is 2. The van der Waals surface area contributed by atoms with Gasteiger partial charge in [0.1, 0.15) is 5.82 Å². The number of nitrogens with one attached hydrogen (secondary N) is 1. The summed E-state index contributed by atoms with van der Waals surface area (Å²) in [6.45, 7) is 5.68. The van der Waals surface area contributed by atoms with Gasteiger partial charge < -0.3 is 15.8 Å². The van der Waals surface area contributed by atoms with Crippen LogP contribution < -0.4 is 11.1 Å². The molecule has 3 N–H and O–H groups in total. The molecule has 0 aliphatic carbocycles. The number of rotatable bonds is 6. The Balaban J connectivity index is 0.00000242. The molecule has 0 spiro atoms. The number of benzene rings is 1. The second-order valence-corrected chi connectivity index (χ2v) is 5.03. The molecule has 2 rings (SSSR count). The second kappa shape index (κ2) is 10.7. The van der Waals surface area contributed by atoms with Crippen LogP contribution in [0.15, 0.2) is 29.3 Å². The highest BCUT2D eigenvalue weighted by molar-refractivity contribution is 14.0. The van der Waals surface area contributed by atoms with Crippen LogP contribution in [0.4, 0.5) is 4.39 Å². The summed E-state index contributed by atoms with van der Waals surface area (Å²) in [5.41, 5.74) is 6.33. The van der Waals surface area contributed by atoms with E-state index in [9.17, 15) is 4.39 Å². The molecule has 0 bridgehead atoms. The monoisotopic (exact) mass is 422 g/mol. The van der Waals surface area contributed by atoms with Crippen LogP contribution in [0.3, 0.4) is 0 Å². The maximum Gasteiger partial charge on any atom is 0.188 e. The Morgan fingerprint density at radius 3 is 2.77 bits per heavy atom. The molecule has 0 saturated carbocycles. The summed E-state index contributed by atoms with van der Waals surface area (Å²) in [5, 5.41) is 3.06. The lowest BCUT2D eigenvalue weighted by Gasteiger charge is -2.26. The molecule has 1 aliphatic heterocycles. The van der Waals surface area contributed by atoms with Crippen LogP contribution in [0, 0.1) is 5.82 Å². The van der Waals surface area contributed by atoms with Crippen molar-refractivity contribution in [3.63, 3.8) is 0 Å². The van der Waals surface area contributed by atoms with E-state index >= 15 is 0 Å². The molecule has 0 amide bonds. The molecule has 1 heterocycles. The van der Waals surface area contributed by atoms with Gasteiger partial charge in [-0.2, -0.15) is 0 Å². The van der Waals surface area contributed by atoms with Crippen LogP contribution >= 0.6 is 24.0 Å². The Bertz CT molecular complexity index is 467. The fraction of sp³-hybridized carbons (Fsp3) is 0.533. The quantitative estimate of drug-likeness (QED) is 0.316. The van der Waals surface area contributed by atoms with Gasteiger partial charge in [0, 0.05) is 25.2 Å². The Labute approximate surface area is 148 Å². The first kappa shape index (κ1) is 19.1. The predicted octanol–water partition coefficient (Wildman–Crippen LogP) is 1.57. The Kier molecular flexibility index (Phi) is 9.33. The van der Waals surface area contributed by atoms with Crippen LogP contribution in [-0.2, 0) is 11.3 Å². The molecule has 124 valence electrons. The molecule has 5 nitrogen and oxygen atoms in total. The summed E-state index contributed by atoms with van der Waals surface area (Å²) in [6, 6.07) is 6.59. The van der Waals surface area contributed by atoms with Gasteiger partial charge in [-0.05, 0) is 19.0 Å². The Morgan fingerprint density at radius 1 is 1.32 bits per heavy atom. The predicted molar refractivity (Wildman–Crippen MR) is 97.0 cm³/mol. The van der Waals surface area contributed by atoms with Crippen molar-refractivity contribution in [3.8, 4) is 0 Å². The van der Waals surface area contributed by atoms with Gasteiger partial charge in [-0.15, -0.1) is 24.0 Å². The number of hydrogen-bond acceptors (Lipinski definition) is 3. The molecule has 1 fully saturated rings. The summed E-state index contributed by atoms with van der Waals surface area (Å²) in [7, 11) is 0. The van der Waals surface area contributed by atoms with Crippen molar-refractivity contribution in [3.05, 3.63) is 35.6 Å². The highest BCUT2D eigenvalue weighted by Gasteiger charge is 2.09. The maximum absolute atomic E-state index is 13.4. The Morgan fingerprint density at radius 2 is 2.05 bits per heavy atom. The molecule has 1 aromatic carbocycles. The fourth-order valence-electron chi connectivity index (χ4n) is 2.20. The van der Waals surface area contributed by atoms with Crippen LogP contribution in [0.1, 0.15) is 12.0 Å². The minimum Gasteiger partial charge on any atom is -0.379 e.